The number of ketones is 1. The zero-order valence-electron chi connectivity index (χ0n) is 9.15. The predicted octanol–water partition coefficient (Wildman–Crippen LogP) is -0.641. The molecular weight excluding hydrogens is 244 g/mol. The van der Waals surface area contributed by atoms with Crippen molar-refractivity contribution in [3.05, 3.63) is 11.1 Å². The van der Waals surface area contributed by atoms with Crippen molar-refractivity contribution >= 4 is 34.1 Å². The van der Waals surface area contributed by atoms with E-state index in [4.69, 9.17) is 5.73 Å². The minimum Gasteiger partial charge on any atom is -0.346 e. The topological polar surface area (TPSA) is 114 Å². The van der Waals surface area contributed by atoms with Crippen LogP contribution in [0.25, 0.3) is 0 Å². The zero-order chi connectivity index (χ0) is 12.8. The summed E-state index contributed by atoms with van der Waals surface area (Å²) in [6.45, 7) is 1.05. The van der Waals surface area contributed by atoms with Gasteiger partial charge in [-0.2, -0.15) is 0 Å². The molecule has 1 aromatic heterocycles. The number of anilines is 1. The Kier molecular flexibility index (Phi) is 4.73. The van der Waals surface area contributed by atoms with Crippen LogP contribution in [0, 0.1) is 0 Å². The summed E-state index contributed by atoms with van der Waals surface area (Å²) < 4.78 is 0. The van der Waals surface area contributed by atoms with Crippen LogP contribution in [0.1, 0.15) is 17.4 Å². The molecule has 0 radical (unpaired) electrons. The first-order chi connectivity index (χ1) is 8.02. The highest BCUT2D eigenvalue weighted by Gasteiger charge is 2.09. The molecule has 0 aromatic carbocycles. The summed E-state index contributed by atoms with van der Waals surface area (Å²) in [5.41, 5.74) is 5.36. The molecule has 1 aromatic rings. The molecule has 92 valence electrons. The lowest BCUT2D eigenvalue weighted by Gasteiger charge is -2.02. The third kappa shape index (κ3) is 4.29. The number of aromatic nitrogens is 1. The highest BCUT2D eigenvalue weighted by Crippen LogP contribution is 2.15. The number of amides is 2. The normalized spacial score (nSPS) is 9.76. The van der Waals surface area contributed by atoms with E-state index in [1.807, 2.05) is 0 Å². The van der Waals surface area contributed by atoms with E-state index in [0.29, 0.717) is 10.8 Å². The first-order valence-electron chi connectivity index (χ1n) is 4.76. The lowest BCUT2D eigenvalue weighted by atomic mass is 10.4. The number of thiazole rings is 1. The number of rotatable bonds is 5. The minimum absolute atomic E-state index is 0.168. The van der Waals surface area contributed by atoms with Crippen molar-refractivity contribution in [2.75, 3.05) is 18.4 Å². The van der Waals surface area contributed by atoms with Gasteiger partial charge in [-0.3, -0.25) is 14.4 Å². The van der Waals surface area contributed by atoms with Gasteiger partial charge in [0.15, 0.2) is 10.9 Å². The van der Waals surface area contributed by atoms with Gasteiger partial charge in [-0.05, 0) is 0 Å². The Hall–Kier alpha value is -1.80. The molecule has 17 heavy (non-hydrogen) atoms. The van der Waals surface area contributed by atoms with Gasteiger partial charge in [-0.15, -0.1) is 11.3 Å². The quantitative estimate of drug-likeness (QED) is 0.606. The van der Waals surface area contributed by atoms with Crippen LogP contribution in [-0.4, -0.2) is 35.7 Å². The monoisotopic (exact) mass is 256 g/mol. The first-order valence-corrected chi connectivity index (χ1v) is 5.64. The lowest BCUT2D eigenvalue weighted by molar-refractivity contribution is -0.123. The summed E-state index contributed by atoms with van der Waals surface area (Å²) >= 11 is 1.14. The lowest BCUT2D eigenvalue weighted by Crippen LogP contribution is -2.36. The van der Waals surface area contributed by atoms with Gasteiger partial charge in [0.05, 0.1) is 13.1 Å². The molecule has 0 aliphatic carbocycles. The number of carbonyl (C=O) groups excluding carboxylic acids is 3. The molecule has 0 aliphatic rings. The number of nitrogens with two attached hydrogens (primary N) is 1. The number of nitrogens with zero attached hydrogens (tertiary/aromatic N) is 1. The van der Waals surface area contributed by atoms with Crippen molar-refractivity contribution in [2.45, 2.75) is 6.92 Å². The molecule has 2 amide bonds. The van der Waals surface area contributed by atoms with Crippen molar-refractivity contribution in [3.8, 4) is 0 Å². The summed E-state index contributed by atoms with van der Waals surface area (Å²) in [4.78, 5) is 37.0. The van der Waals surface area contributed by atoms with Gasteiger partial charge in [-0.25, -0.2) is 4.98 Å². The molecule has 0 unspecified atom stereocenters. The van der Waals surface area contributed by atoms with Crippen molar-refractivity contribution in [1.29, 1.82) is 0 Å². The SMILES string of the molecule is CC(=O)c1csc(NC(=O)CNC(=O)CN)n1. The van der Waals surface area contributed by atoms with Crippen LogP contribution in [0.4, 0.5) is 5.13 Å². The highest BCUT2D eigenvalue weighted by atomic mass is 32.1. The fourth-order valence-corrected chi connectivity index (χ4v) is 1.67. The Morgan fingerprint density at radius 3 is 2.65 bits per heavy atom. The molecular formula is C9H12N4O3S. The van der Waals surface area contributed by atoms with Gasteiger partial charge in [-0.1, -0.05) is 0 Å². The average molecular weight is 256 g/mol. The van der Waals surface area contributed by atoms with E-state index in [1.165, 1.54) is 6.92 Å². The third-order valence-electron chi connectivity index (χ3n) is 1.74. The third-order valence-corrected chi connectivity index (χ3v) is 2.50. The molecule has 0 bridgehead atoms. The molecule has 4 N–H and O–H groups in total. The summed E-state index contributed by atoms with van der Waals surface area (Å²) in [7, 11) is 0. The van der Waals surface area contributed by atoms with E-state index in [2.05, 4.69) is 15.6 Å². The number of hydrogen-bond acceptors (Lipinski definition) is 6. The Labute approximate surface area is 101 Å². The number of Topliss-reactive ketones (excluding diaryl/α,β-unsaturated/α-hetero) is 1. The number of hydrogen-bond donors (Lipinski definition) is 3. The van der Waals surface area contributed by atoms with E-state index in [9.17, 15) is 14.4 Å². The van der Waals surface area contributed by atoms with Crippen LogP contribution in [0.15, 0.2) is 5.38 Å². The summed E-state index contributed by atoms with van der Waals surface area (Å²) in [6, 6.07) is 0. The van der Waals surface area contributed by atoms with Crippen LogP contribution in [0.5, 0.6) is 0 Å². The molecule has 0 aliphatic heterocycles. The van der Waals surface area contributed by atoms with E-state index >= 15 is 0 Å². The Balaban J connectivity index is 2.45. The molecule has 8 heteroatoms. The van der Waals surface area contributed by atoms with Crippen LogP contribution in [0.2, 0.25) is 0 Å². The van der Waals surface area contributed by atoms with Gasteiger partial charge in [0.2, 0.25) is 11.8 Å². The minimum atomic E-state index is -0.420. The van der Waals surface area contributed by atoms with Gasteiger partial charge in [0, 0.05) is 12.3 Å². The molecule has 0 saturated carbocycles. The van der Waals surface area contributed by atoms with Crippen LogP contribution in [-0.2, 0) is 9.59 Å². The maximum Gasteiger partial charge on any atom is 0.245 e. The Morgan fingerprint density at radius 2 is 2.12 bits per heavy atom. The second-order valence-electron chi connectivity index (χ2n) is 3.12. The maximum absolute atomic E-state index is 11.3. The van der Waals surface area contributed by atoms with Gasteiger partial charge in [0.1, 0.15) is 5.69 Å². The summed E-state index contributed by atoms with van der Waals surface area (Å²) in [5.74, 6) is -1.00. The van der Waals surface area contributed by atoms with E-state index in [1.54, 1.807) is 5.38 Å². The highest BCUT2D eigenvalue weighted by molar-refractivity contribution is 7.14. The van der Waals surface area contributed by atoms with Crippen LogP contribution >= 0.6 is 11.3 Å². The van der Waals surface area contributed by atoms with Crippen LogP contribution < -0.4 is 16.4 Å². The standard InChI is InChI=1S/C9H12N4O3S/c1-5(14)6-4-17-9(12-6)13-8(16)3-11-7(15)2-10/h4H,2-3,10H2,1H3,(H,11,15)(H,12,13,16). The second-order valence-corrected chi connectivity index (χ2v) is 3.98. The molecule has 0 spiro atoms. The molecule has 0 atom stereocenters. The number of carbonyl (C=O) groups is 3. The van der Waals surface area contributed by atoms with Gasteiger partial charge >= 0.3 is 0 Å². The number of nitrogens with one attached hydrogen (secondary N) is 2. The zero-order valence-corrected chi connectivity index (χ0v) is 9.97. The largest absolute Gasteiger partial charge is 0.346 e. The average Bonchev–Trinajstić information content (AvgIpc) is 2.74. The van der Waals surface area contributed by atoms with E-state index < -0.39 is 11.8 Å². The van der Waals surface area contributed by atoms with Crippen LogP contribution in [0.3, 0.4) is 0 Å². The fraction of sp³-hybridized carbons (Fsp3) is 0.333. The first kappa shape index (κ1) is 13.3. The molecule has 7 nitrogen and oxygen atoms in total. The Bertz CT molecular complexity index is 443. The summed E-state index contributed by atoms with van der Waals surface area (Å²) in [5, 5.41) is 6.65. The van der Waals surface area contributed by atoms with E-state index in [-0.39, 0.29) is 18.9 Å². The van der Waals surface area contributed by atoms with Crippen molar-refractivity contribution in [3.63, 3.8) is 0 Å². The Morgan fingerprint density at radius 1 is 1.41 bits per heavy atom. The molecule has 1 heterocycles. The molecule has 0 saturated heterocycles. The summed E-state index contributed by atoms with van der Waals surface area (Å²) in [6.07, 6.45) is 0. The van der Waals surface area contributed by atoms with Crippen molar-refractivity contribution in [2.24, 2.45) is 5.73 Å². The maximum atomic E-state index is 11.3. The van der Waals surface area contributed by atoms with Crippen molar-refractivity contribution in [1.82, 2.24) is 10.3 Å². The van der Waals surface area contributed by atoms with Gasteiger partial charge < -0.3 is 16.4 Å². The predicted molar refractivity (Wildman–Crippen MR) is 62.8 cm³/mol. The molecule has 0 fully saturated rings. The smallest absolute Gasteiger partial charge is 0.245 e. The van der Waals surface area contributed by atoms with E-state index in [0.717, 1.165) is 11.3 Å². The molecule has 1 rings (SSSR count). The fourth-order valence-electron chi connectivity index (χ4n) is 0.907. The van der Waals surface area contributed by atoms with Crippen molar-refractivity contribution < 1.29 is 14.4 Å². The van der Waals surface area contributed by atoms with Gasteiger partial charge in [0.25, 0.3) is 0 Å². The second kappa shape index (κ2) is 6.06.